The molecule has 146 valence electrons. The fourth-order valence-electron chi connectivity index (χ4n) is 2.66. The van der Waals surface area contributed by atoms with Gasteiger partial charge in [-0.1, -0.05) is 31.5 Å². The summed E-state index contributed by atoms with van der Waals surface area (Å²) in [5, 5.41) is 2.75. The third kappa shape index (κ3) is 5.80. The number of carbonyl (C=O) groups excluding carboxylic acids is 1. The van der Waals surface area contributed by atoms with Crippen LogP contribution in [0.1, 0.15) is 44.0 Å². The van der Waals surface area contributed by atoms with E-state index in [1.54, 1.807) is 30.3 Å². The minimum atomic E-state index is -3.69. The molecule has 0 unspecified atom stereocenters. The Bertz CT molecular complexity index is 867. The van der Waals surface area contributed by atoms with Gasteiger partial charge in [-0.05, 0) is 50.6 Å². The summed E-state index contributed by atoms with van der Waals surface area (Å²) in [5.41, 5.74) is 0.791. The quantitative estimate of drug-likeness (QED) is 0.682. The van der Waals surface area contributed by atoms with Crippen molar-refractivity contribution in [2.45, 2.75) is 44.6 Å². The van der Waals surface area contributed by atoms with Gasteiger partial charge in [-0.25, -0.2) is 13.1 Å². The number of sulfonamides is 1. The fraction of sp³-hybridized carbons (Fsp3) is 0.350. The molecule has 6 nitrogen and oxygen atoms in total. The second kappa shape index (κ2) is 9.53. The Labute approximate surface area is 161 Å². The van der Waals surface area contributed by atoms with Gasteiger partial charge < -0.3 is 10.1 Å². The minimum Gasteiger partial charge on any atom is -0.492 e. The number of carbonyl (C=O) groups is 1. The van der Waals surface area contributed by atoms with Crippen LogP contribution >= 0.6 is 0 Å². The standard InChI is InChI=1S/C20H26N2O4S/c1-4-9-15(3)22-27(24,25)17-12-13-19(26-5-2)18(14-17)21-20(23)16-10-7-6-8-11-16/h6-8,10-15,22H,4-5,9H2,1-3H3,(H,21,23)/t15-/m1/s1. The molecule has 0 aliphatic carbocycles. The Morgan fingerprint density at radius 1 is 1.11 bits per heavy atom. The molecule has 2 aromatic carbocycles. The maximum atomic E-state index is 12.6. The van der Waals surface area contributed by atoms with Gasteiger partial charge in [0.25, 0.3) is 5.91 Å². The largest absolute Gasteiger partial charge is 0.492 e. The summed E-state index contributed by atoms with van der Waals surface area (Å²) in [6, 6.07) is 13.0. The van der Waals surface area contributed by atoms with E-state index >= 15 is 0 Å². The first-order valence-electron chi connectivity index (χ1n) is 9.03. The average molecular weight is 391 g/mol. The number of ether oxygens (including phenoxy) is 1. The summed E-state index contributed by atoms with van der Waals surface area (Å²) in [7, 11) is -3.69. The Kier molecular flexibility index (Phi) is 7.38. The van der Waals surface area contributed by atoms with Gasteiger partial charge in [0.1, 0.15) is 5.75 Å². The molecule has 0 aliphatic rings. The Morgan fingerprint density at radius 2 is 1.81 bits per heavy atom. The number of anilines is 1. The summed E-state index contributed by atoms with van der Waals surface area (Å²) in [4.78, 5) is 12.5. The van der Waals surface area contributed by atoms with Gasteiger partial charge in [-0.2, -0.15) is 0 Å². The SMILES string of the molecule is CCC[C@@H](C)NS(=O)(=O)c1ccc(OCC)c(NC(=O)c2ccccc2)c1. The molecular formula is C20H26N2O4S. The van der Waals surface area contributed by atoms with Crippen molar-refractivity contribution in [2.75, 3.05) is 11.9 Å². The molecule has 1 atom stereocenters. The summed E-state index contributed by atoms with van der Waals surface area (Å²) in [6.45, 7) is 6.04. The van der Waals surface area contributed by atoms with Gasteiger partial charge in [0.15, 0.2) is 0 Å². The van der Waals surface area contributed by atoms with E-state index in [0.29, 0.717) is 23.6 Å². The van der Waals surface area contributed by atoms with Gasteiger partial charge in [0, 0.05) is 11.6 Å². The molecule has 0 saturated heterocycles. The number of hydrogen-bond donors (Lipinski definition) is 2. The zero-order chi connectivity index (χ0) is 19.9. The number of hydrogen-bond acceptors (Lipinski definition) is 4. The van der Waals surface area contributed by atoms with Crippen LogP contribution in [0.2, 0.25) is 0 Å². The second-order valence-electron chi connectivity index (χ2n) is 6.22. The first-order valence-corrected chi connectivity index (χ1v) is 10.5. The van der Waals surface area contributed by atoms with Crippen LogP contribution in [0.25, 0.3) is 0 Å². The Balaban J connectivity index is 2.32. The van der Waals surface area contributed by atoms with Gasteiger partial charge in [0.2, 0.25) is 10.0 Å². The molecule has 0 spiro atoms. The summed E-state index contributed by atoms with van der Waals surface area (Å²) < 4.78 is 33.4. The highest BCUT2D eigenvalue weighted by Gasteiger charge is 2.20. The molecule has 2 rings (SSSR count). The van der Waals surface area contributed by atoms with Crippen molar-refractivity contribution in [3.8, 4) is 5.75 Å². The first kappa shape index (κ1) is 20.9. The lowest BCUT2D eigenvalue weighted by atomic mass is 10.2. The van der Waals surface area contributed by atoms with Crippen LogP contribution in [0.4, 0.5) is 5.69 Å². The Hall–Kier alpha value is -2.38. The molecule has 0 radical (unpaired) electrons. The van der Waals surface area contributed by atoms with E-state index in [-0.39, 0.29) is 16.8 Å². The zero-order valence-corrected chi connectivity index (χ0v) is 16.7. The molecule has 7 heteroatoms. The average Bonchev–Trinajstić information content (AvgIpc) is 2.63. The lowest BCUT2D eigenvalue weighted by Gasteiger charge is -2.16. The lowest BCUT2D eigenvalue weighted by molar-refractivity contribution is 0.102. The highest BCUT2D eigenvalue weighted by atomic mass is 32.2. The molecule has 0 saturated carbocycles. The highest BCUT2D eigenvalue weighted by Crippen LogP contribution is 2.28. The van der Waals surface area contributed by atoms with Gasteiger partial charge in [-0.15, -0.1) is 0 Å². The van der Waals surface area contributed by atoms with Crippen LogP contribution in [-0.4, -0.2) is 27.0 Å². The predicted molar refractivity (Wildman–Crippen MR) is 107 cm³/mol. The molecule has 0 aromatic heterocycles. The smallest absolute Gasteiger partial charge is 0.255 e. The van der Waals surface area contributed by atoms with E-state index < -0.39 is 10.0 Å². The molecule has 2 aromatic rings. The summed E-state index contributed by atoms with van der Waals surface area (Å²) >= 11 is 0. The lowest BCUT2D eigenvalue weighted by Crippen LogP contribution is -2.32. The van der Waals surface area contributed by atoms with Crippen molar-refractivity contribution >= 4 is 21.6 Å². The molecule has 0 heterocycles. The molecule has 0 bridgehead atoms. The van der Waals surface area contributed by atoms with Gasteiger partial charge in [0.05, 0.1) is 17.2 Å². The maximum Gasteiger partial charge on any atom is 0.255 e. The molecule has 2 N–H and O–H groups in total. The van der Waals surface area contributed by atoms with Gasteiger partial charge in [-0.3, -0.25) is 4.79 Å². The number of rotatable bonds is 9. The molecule has 27 heavy (non-hydrogen) atoms. The van der Waals surface area contributed by atoms with Crippen molar-refractivity contribution in [1.29, 1.82) is 0 Å². The zero-order valence-electron chi connectivity index (χ0n) is 15.9. The highest BCUT2D eigenvalue weighted by molar-refractivity contribution is 7.89. The third-order valence-electron chi connectivity index (χ3n) is 3.92. The summed E-state index contributed by atoms with van der Waals surface area (Å²) in [6.07, 6.45) is 1.62. The maximum absolute atomic E-state index is 12.6. The first-order chi connectivity index (χ1) is 12.9. The van der Waals surface area contributed by atoms with E-state index in [0.717, 1.165) is 12.8 Å². The normalized spacial score (nSPS) is 12.4. The summed E-state index contributed by atoms with van der Waals surface area (Å²) in [5.74, 6) is 0.0840. The van der Waals surface area contributed by atoms with Crippen molar-refractivity contribution in [3.05, 3.63) is 54.1 Å². The topological polar surface area (TPSA) is 84.5 Å². The number of nitrogens with one attached hydrogen (secondary N) is 2. The molecule has 0 fully saturated rings. The van der Waals surface area contributed by atoms with E-state index in [9.17, 15) is 13.2 Å². The molecule has 1 amide bonds. The third-order valence-corrected chi connectivity index (χ3v) is 5.51. The van der Waals surface area contributed by atoms with Crippen molar-refractivity contribution in [1.82, 2.24) is 4.72 Å². The van der Waals surface area contributed by atoms with Crippen LogP contribution in [0.5, 0.6) is 5.75 Å². The predicted octanol–water partition coefficient (Wildman–Crippen LogP) is 3.80. The van der Waals surface area contributed by atoms with Crippen LogP contribution in [0.3, 0.4) is 0 Å². The number of benzene rings is 2. The molecule has 0 aliphatic heterocycles. The fourth-order valence-corrected chi connectivity index (χ4v) is 3.97. The van der Waals surface area contributed by atoms with Crippen molar-refractivity contribution in [3.63, 3.8) is 0 Å². The second-order valence-corrected chi connectivity index (χ2v) is 7.94. The van der Waals surface area contributed by atoms with E-state index in [2.05, 4.69) is 10.0 Å². The molecular weight excluding hydrogens is 364 g/mol. The van der Waals surface area contributed by atoms with Gasteiger partial charge >= 0.3 is 0 Å². The number of amides is 1. The van der Waals surface area contributed by atoms with Crippen LogP contribution in [-0.2, 0) is 10.0 Å². The van der Waals surface area contributed by atoms with Crippen molar-refractivity contribution < 1.29 is 17.9 Å². The van der Waals surface area contributed by atoms with E-state index in [1.807, 2.05) is 26.8 Å². The van der Waals surface area contributed by atoms with E-state index in [1.165, 1.54) is 12.1 Å². The van der Waals surface area contributed by atoms with Crippen LogP contribution < -0.4 is 14.8 Å². The minimum absolute atomic E-state index is 0.0808. The monoisotopic (exact) mass is 390 g/mol. The van der Waals surface area contributed by atoms with Crippen LogP contribution in [0, 0.1) is 0 Å². The van der Waals surface area contributed by atoms with Crippen LogP contribution in [0.15, 0.2) is 53.4 Å². The van der Waals surface area contributed by atoms with E-state index in [4.69, 9.17) is 4.74 Å². The van der Waals surface area contributed by atoms with Crippen molar-refractivity contribution in [2.24, 2.45) is 0 Å². The Morgan fingerprint density at radius 3 is 2.44 bits per heavy atom.